The molecule has 1 aliphatic carbocycles. The summed E-state index contributed by atoms with van der Waals surface area (Å²) >= 11 is 0. The van der Waals surface area contributed by atoms with Gasteiger partial charge in [0.2, 0.25) is 0 Å². The molecule has 0 saturated heterocycles. The second kappa shape index (κ2) is 4.45. The molecule has 0 heterocycles. The molecular weight excluding hydrogens is 176 g/mol. The first-order chi connectivity index (χ1) is 6.45. The third-order valence-electron chi connectivity index (χ3n) is 3.06. The summed E-state index contributed by atoms with van der Waals surface area (Å²) < 4.78 is 0. The Balaban J connectivity index is 2.88. The Morgan fingerprint density at radius 3 is 2.57 bits per heavy atom. The highest BCUT2D eigenvalue weighted by atomic mass is 16.3. The number of aliphatic hydroxyl groups excluding tert-OH is 1. The number of aliphatic hydroxyl groups is 2. The van der Waals surface area contributed by atoms with Gasteiger partial charge in [-0.25, -0.2) is 0 Å². The van der Waals surface area contributed by atoms with E-state index >= 15 is 0 Å². The predicted octanol–water partition coefficient (Wildman–Crippen LogP) is 2.26. The van der Waals surface area contributed by atoms with Crippen LogP contribution in [0.3, 0.4) is 0 Å². The molecule has 1 unspecified atom stereocenters. The van der Waals surface area contributed by atoms with Crippen molar-refractivity contribution in [3.05, 3.63) is 11.1 Å². The van der Waals surface area contributed by atoms with E-state index in [2.05, 4.69) is 6.92 Å². The van der Waals surface area contributed by atoms with Crippen LogP contribution in [0, 0.1) is 5.92 Å². The van der Waals surface area contributed by atoms with Gasteiger partial charge in [-0.3, -0.25) is 0 Å². The smallest absolute Gasteiger partial charge is 0.0803 e. The van der Waals surface area contributed by atoms with E-state index < -0.39 is 5.60 Å². The van der Waals surface area contributed by atoms with Gasteiger partial charge in [0.25, 0.3) is 0 Å². The molecule has 2 N–H and O–H groups in total. The molecule has 2 nitrogen and oxygen atoms in total. The Bertz CT molecular complexity index is 223. The van der Waals surface area contributed by atoms with Gasteiger partial charge in [-0.05, 0) is 51.0 Å². The van der Waals surface area contributed by atoms with Crippen LogP contribution in [0.4, 0.5) is 0 Å². The van der Waals surface area contributed by atoms with E-state index in [1.54, 1.807) is 0 Å². The average Bonchev–Trinajstić information content (AvgIpc) is 2.02. The Hall–Kier alpha value is -0.340. The van der Waals surface area contributed by atoms with Crippen LogP contribution in [0.2, 0.25) is 0 Å². The zero-order chi connectivity index (χ0) is 10.8. The zero-order valence-corrected chi connectivity index (χ0v) is 9.51. The maximum Gasteiger partial charge on any atom is 0.0803 e. The third-order valence-corrected chi connectivity index (χ3v) is 3.06. The van der Waals surface area contributed by atoms with E-state index in [1.807, 2.05) is 13.8 Å². The largest absolute Gasteiger partial charge is 0.396 e. The van der Waals surface area contributed by atoms with Crippen LogP contribution in [0.25, 0.3) is 0 Å². The molecule has 0 aromatic carbocycles. The lowest BCUT2D eigenvalue weighted by molar-refractivity contribution is 0.109. The predicted molar refractivity (Wildman–Crippen MR) is 58.0 cm³/mol. The Kier molecular flexibility index (Phi) is 3.73. The second-order valence-corrected chi connectivity index (χ2v) is 4.96. The topological polar surface area (TPSA) is 40.5 Å². The minimum absolute atomic E-state index is 0.196. The molecule has 0 aliphatic heterocycles. The zero-order valence-electron chi connectivity index (χ0n) is 9.51. The molecule has 82 valence electrons. The van der Waals surface area contributed by atoms with Crippen LogP contribution >= 0.6 is 0 Å². The van der Waals surface area contributed by atoms with E-state index in [-0.39, 0.29) is 6.61 Å². The van der Waals surface area contributed by atoms with Gasteiger partial charge in [0.15, 0.2) is 0 Å². The molecule has 0 radical (unpaired) electrons. The molecule has 0 bridgehead atoms. The van der Waals surface area contributed by atoms with Crippen molar-refractivity contribution in [3.8, 4) is 0 Å². The lowest BCUT2D eigenvalue weighted by Crippen LogP contribution is -2.27. The summed E-state index contributed by atoms with van der Waals surface area (Å²) in [6.07, 6.45) is 3.91. The van der Waals surface area contributed by atoms with Gasteiger partial charge in [0, 0.05) is 6.61 Å². The average molecular weight is 198 g/mol. The number of hydrogen-bond donors (Lipinski definition) is 2. The Morgan fingerprint density at radius 1 is 1.43 bits per heavy atom. The fraction of sp³-hybridized carbons (Fsp3) is 0.833. The van der Waals surface area contributed by atoms with Crippen molar-refractivity contribution in [2.75, 3.05) is 6.61 Å². The van der Waals surface area contributed by atoms with Crippen LogP contribution in [-0.4, -0.2) is 22.4 Å². The first kappa shape index (κ1) is 11.7. The maximum absolute atomic E-state index is 9.99. The van der Waals surface area contributed by atoms with Crippen molar-refractivity contribution in [2.45, 2.75) is 52.1 Å². The van der Waals surface area contributed by atoms with Gasteiger partial charge in [-0.1, -0.05) is 12.5 Å². The van der Waals surface area contributed by atoms with Crippen molar-refractivity contribution in [3.63, 3.8) is 0 Å². The van der Waals surface area contributed by atoms with Crippen LogP contribution in [0.5, 0.6) is 0 Å². The molecule has 0 aromatic heterocycles. The maximum atomic E-state index is 9.99. The lowest BCUT2D eigenvalue weighted by Gasteiger charge is -2.32. The number of hydrogen-bond acceptors (Lipinski definition) is 2. The number of rotatable bonds is 3. The molecule has 0 fully saturated rings. The highest BCUT2D eigenvalue weighted by molar-refractivity contribution is 5.25. The van der Waals surface area contributed by atoms with Crippen molar-refractivity contribution < 1.29 is 10.2 Å². The van der Waals surface area contributed by atoms with Gasteiger partial charge < -0.3 is 10.2 Å². The summed E-state index contributed by atoms with van der Waals surface area (Å²) in [6, 6.07) is 0. The summed E-state index contributed by atoms with van der Waals surface area (Å²) in [5.41, 5.74) is 1.73. The molecule has 2 heteroatoms. The molecule has 0 amide bonds. The summed E-state index contributed by atoms with van der Waals surface area (Å²) in [5.74, 6) is 0.697. The Morgan fingerprint density at radius 2 is 2.07 bits per heavy atom. The summed E-state index contributed by atoms with van der Waals surface area (Å²) in [4.78, 5) is 0. The monoisotopic (exact) mass is 198 g/mol. The van der Waals surface area contributed by atoms with Crippen molar-refractivity contribution >= 4 is 0 Å². The van der Waals surface area contributed by atoms with E-state index in [0.29, 0.717) is 5.92 Å². The van der Waals surface area contributed by atoms with Crippen molar-refractivity contribution in [1.82, 2.24) is 0 Å². The van der Waals surface area contributed by atoms with E-state index in [9.17, 15) is 5.11 Å². The quantitative estimate of drug-likeness (QED) is 0.683. The van der Waals surface area contributed by atoms with Crippen LogP contribution < -0.4 is 0 Å². The second-order valence-electron chi connectivity index (χ2n) is 4.96. The summed E-state index contributed by atoms with van der Waals surface area (Å²) in [6.45, 7) is 6.12. The molecule has 1 atom stereocenters. The van der Waals surface area contributed by atoms with Gasteiger partial charge in [0.05, 0.1) is 5.60 Å². The van der Waals surface area contributed by atoms with Gasteiger partial charge in [0.1, 0.15) is 0 Å². The highest BCUT2D eigenvalue weighted by Crippen LogP contribution is 2.36. The fourth-order valence-corrected chi connectivity index (χ4v) is 2.34. The molecule has 0 aromatic rings. The molecule has 0 saturated carbocycles. The van der Waals surface area contributed by atoms with Gasteiger partial charge in [-0.15, -0.1) is 0 Å². The minimum Gasteiger partial charge on any atom is -0.396 e. The summed E-state index contributed by atoms with van der Waals surface area (Å²) in [5, 5.41) is 19.0. The molecule has 14 heavy (non-hydrogen) atoms. The van der Waals surface area contributed by atoms with Crippen molar-refractivity contribution in [2.24, 2.45) is 5.92 Å². The first-order valence-electron chi connectivity index (χ1n) is 5.49. The Labute approximate surface area is 86.6 Å². The van der Waals surface area contributed by atoms with Crippen LogP contribution in [0.1, 0.15) is 46.5 Å². The molecule has 0 spiro atoms. The minimum atomic E-state index is -0.704. The summed E-state index contributed by atoms with van der Waals surface area (Å²) in [7, 11) is 0. The van der Waals surface area contributed by atoms with Gasteiger partial charge >= 0.3 is 0 Å². The van der Waals surface area contributed by atoms with E-state index in [0.717, 1.165) is 31.3 Å². The van der Waals surface area contributed by atoms with Crippen LogP contribution in [0.15, 0.2) is 11.1 Å². The standard InChI is InChI=1S/C12H22O2/c1-9-4-5-11(12(2,3)14)10(8-9)6-7-13/h9,13-14H,4-8H2,1-3H3. The lowest BCUT2D eigenvalue weighted by atomic mass is 9.78. The van der Waals surface area contributed by atoms with E-state index in [4.69, 9.17) is 5.11 Å². The first-order valence-corrected chi connectivity index (χ1v) is 5.49. The van der Waals surface area contributed by atoms with E-state index in [1.165, 1.54) is 5.57 Å². The fourth-order valence-electron chi connectivity index (χ4n) is 2.34. The SMILES string of the molecule is CC1CCC(C(C)(C)O)=C(CCO)C1. The highest BCUT2D eigenvalue weighted by Gasteiger charge is 2.27. The molecule has 1 rings (SSSR count). The van der Waals surface area contributed by atoms with Crippen molar-refractivity contribution in [1.29, 1.82) is 0 Å². The molecular formula is C12H22O2. The molecule has 1 aliphatic rings. The normalized spacial score (nSPS) is 24.2. The third kappa shape index (κ3) is 2.82. The van der Waals surface area contributed by atoms with Gasteiger partial charge in [-0.2, -0.15) is 0 Å². The van der Waals surface area contributed by atoms with Crippen LogP contribution in [-0.2, 0) is 0 Å².